The average molecular weight is 377 g/mol. The van der Waals surface area contributed by atoms with Gasteiger partial charge in [-0.05, 0) is 25.1 Å². The van der Waals surface area contributed by atoms with Crippen LogP contribution in [0.2, 0.25) is 0 Å². The van der Waals surface area contributed by atoms with E-state index in [9.17, 15) is 27.6 Å². The average Bonchev–Trinajstić information content (AvgIpc) is 2.59. The van der Waals surface area contributed by atoms with Crippen molar-refractivity contribution in [3.05, 3.63) is 80.3 Å². The molecule has 0 aliphatic carbocycles. The molecule has 27 heavy (non-hydrogen) atoms. The SMILES string of the molecule is C[C@H](NC(=O)Cn1c(=O)[nH]c2c(F)cccc2c1=O)c1ccc(F)cc1F. The summed E-state index contributed by atoms with van der Waals surface area (Å²) in [6.45, 7) is 0.824. The number of benzene rings is 2. The molecule has 0 radical (unpaired) electrons. The molecule has 0 aliphatic heterocycles. The highest BCUT2D eigenvalue weighted by atomic mass is 19.1. The van der Waals surface area contributed by atoms with Crippen LogP contribution in [0.5, 0.6) is 0 Å². The minimum atomic E-state index is -0.951. The van der Waals surface area contributed by atoms with Gasteiger partial charge in [0, 0.05) is 11.6 Å². The van der Waals surface area contributed by atoms with E-state index < -0.39 is 47.2 Å². The molecule has 0 unspecified atom stereocenters. The van der Waals surface area contributed by atoms with Crippen molar-refractivity contribution in [3.8, 4) is 0 Å². The Kier molecular flexibility index (Phi) is 4.85. The first-order chi connectivity index (χ1) is 12.8. The monoisotopic (exact) mass is 377 g/mol. The van der Waals surface area contributed by atoms with Crippen LogP contribution in [0.1, 0.15) is 18.5 Å². The Morgan fingerprint density at radius 1 is 1.15 bits per heavy atom. The maximum absolute atomic E-state index is 13.8. The second-order valence-corrected chi connectivity index (χ2v) is 5.94. The summed E-state index contributed by atoms with van der Waals surface area (Å²) in [7, 11) is 0. The minimum Gasteiger partial charge on any atom is -0.348 e. The van der Waals surface area contributed by atoms with Gasteiger partial charge in [-0.1, -0.05) is 12.1 Å². The first-order valence-electron chi connectivity index (χ1n) is 7.93. The van der Waals surface area contributed by atoms with Gasteiger partial charge in [-0.15, -0.1) is 0 Å². The molecule has 9 heteroatoms. The second kappa shape index (κ2) is 7.10. The molecule has 0 spiro atoms. The fourth-order valence-corrected chi connectivity index (χ4v) is 2.75. The number of rotatable bonds is 4. The molecular formula is C18H14F3N3O3. The third-order valence-electron chi connectivity index (χ3n) is 4.07. The van der Waals surface area contributed by atoms with Crippen LogP contribution in [0.25, 0.3) is 10.9 Å². The summed E-state index contributed by atoms with van der Waals surface area (Å²) in [4.78, 5) is 38.8. The fourth-order valence-electron chi connectivity index (χ4n) is 2.75. The van der Waals surface area contributed by atoms with E-state index in [1.54, 1.807) is 0 Å². The number of nitrogens with zero attached hydrogens (tertiary/aromatic N) is 1. The van der Waals surface area contributed by atoms with Crippen molar-refractivity contribution in [2.75, 3.05) is 0 Å². The summed E-state index contributed by atoms with van der Waals surface area (Å²) in [5.41, 5.74) is -1.98. The van der Waals surface area contributed by atoms with Gasteiger partial charge in [-0.25, -0.2) is 18.0 Å². The summed E-state index contributed by atoms with van der Waals surface area (Å²) < 4.78 is 41.1. The number of H-pyrrole nitrogens is 1. The molecular weight excluding hydrogens is 363 g/mol. The predicted molar refractivity (Wildman–Crippen MR) is 91.7 cm³/mol. The first kappa shape index (κ1) is 18.4. The lowest BCUT2D eigenvalue weighted by molar-refractivity contribution is -0.122. The van der Waals surface area contributed by atoms with Crippen LogP contribution in [0.3, 0.4) is 0 Å². The van der Waals surface area contributed by atoms with Crippen LogP contribution in [-0.4, -0.2) is 15.5 Å². The Balaban J connectivity index is 1.86. The summed E-state index contributed by atoms with van der Waals surface area (Å²) in [5, 5.41) is 2.35. The molecule has 0 aliphatic rings. The maximum Gasteiger partial charge on any atom is 0.329 e. The molecule has 0 saturated carbocycles. The highest BCUT2D eigenvalue weighted by Crippen LogP contribution is 2.17. The van der Waals surface area contributed by atoms with E-state index in [0.29, 0.717) is 10.6 Å². The first-order valence-corrected chi connectivity index (χ1v) is 7.93. The minimum absolute atomic E-state index is 0.0478. The zero-order valence-corrected chi connectivity index (χ0v) is 14.1. The number of carbonyl (C=O) groups is 1. The Bertz CT molecular complexity index is 1150. The Morgan fingerprint density at radius 2 is 1.89 bits per heavy atom. The number of aromatic amines is 1. The number of aromatic nitrogens is 2. The van der Waals surface area contributed by atoms with Gasteiger partial charge in [0.25, 0.3) is 5.56 Å². The lowest BCUT2D eigenvalue weighted by atomic mass is 10.1. The molecule has 2 N–H and O–H groups in total. The van der Waals surface area contributed by atoms with Crippen LogP contribution < -0.4 is 16.6 Å². The normalized spacial score (nSPS) is 12.1. The van der Waals surface area contributed by atoms with Crippen molar-refractivity contribution in [3.63, 3.8) is 0 Å². The topological polar surface area (TPSA) is 84.0 Å². The van der Waals surface area contributed by atoms with E-state index in [2.05, 4.69) is 10.3 Å². The number of halogens is 3. The summed E-state index contributed by atoms with van der Waals surface area (Å²) >= 11 is 0. The van der Waals surface area contributed by atoms with Crippen LogP contribution in [0.4, 0.5) is 13.2 Å². The van der Waals surface area contributed by atoms with Crippen molar-refractivity contribution >= 4 is 16.8 Å². The van der Waals surface area contributed by atoms with E-state index in [0.717, 1.165) is 12.1 Å². The molecule has 140 valence electrons. The van der Waals surface area contributed by atoms with Crippen molar-refractivity contribution in [1.29, 1.82) is 0 Å². The van der Waals surface area contributed by atoms with Crippen LogP contribution in [-0.2, 0) is 11.3 Å². The van der Waals surface area contributed by atoms with E-state index in [1.807, 2.05) is 0 Å². The van der Waals surface area contributed by atoms with Crippen LogP contribution in [0.15, 0.2) is 46.0 Å². The molecule has 0 bridgehead atoms. The molecule has 1 aromatic heterocycles. The maximum atomic E-state index is 13.8. The highest BCUT2D eigenvalue weighted by molar-refractivity contribution is 5.79. The Labute approximate surface area is 150 Å². The molecule has 0 saturated heterocycles. The summed E-state index contributed by atoms with van der Waals surface area (Å²) in [5.74, 6) is -3.09. The van der Waals surface area contributed by atoms with E-state index in [1.165, 1.54) is 25.1 Å². The standard InChI is InChI=1S/C18H14F3N3O3/c1-9(11-6-5-10(19)7-14(11)21)22-15(25)8-24-17(26)12-3-2-4-13(20)16(12)23-18(24)27/h2-7,9H,8H2,1H3,(H,22,25)(H,23,27)/t9-/m0/s1. The quantitative estimate of drug-likeness (QED) is 0.729. The molecule has 3 rings (SSSR count). The van der Waals surface area contributed by atoms with Gasteiger partial charge in [0.2, 0.25) is 5.91 Å². The second-order valence-electron chi connectivity index (χ2n) is 5.94. The number of amides is 1. The van der Waals surface area contributed by atoms with Crippen molar-refractivity contribution in [2.24, 2.45) is 0 Å². The fraction of sp³-hybridized carbons (Fsp3) is 0.167. The molecule has 1 atom stereocenters. The van der Waals surface area contributed by atoms with Gasteiger partial charge in [0.1, 0.15) is 24.0 Å². The van der Waals surface area contributed by atoms with Gasteiger partial charge < -0.3 is 10.3 Å². The van der Waals surface area contributed by atoms with Gasteiger partial charge in [0.05, 0.1) is 16.9 Å². The molecule has 1 heterocycles. The number of carbonyl (C=O) groups excluding carboxylic acids is 1. The van der Waals surface area contributed by atoms with E-state index >= 15 is 0 Å². The van der Waals surface area contributed by atoms with Crippen LogP contribution >= 0.6 is 0 Å². The van der Waals surface area contributed by atoms with Crippen LogP contribution in [0, 0.1) is 17.5 Å². The Morgan fingerprint density at radius 3 is 2.59 bits per heavy atom. The predicted octanol–water partition coefficient (Wildman–Crippen LogP) is 1.98. The van der Waals surface area contributed by atoms with Gasteiger partial charge in [-0.3, -0.25) is 14.2 Å². The Hall–Kier alpha value is -3.36. The van der Waals surface area contributed by atoms with Gasteiger partial charge in [0.15, 0.2) is 0 Å². The summed E-state index contributed by atoms with van der Waals surface area (Å²) in [6.07, 6.45) is 0. The summed E-state index contributed by atoms with van der Waals surface area (Å²) in [6, 6.07) is 5.81. The number of hydrogen-bond donors (Lipinski definition) is 2. The third kappa shape index (κ3) is 3.62. The third-order valence-corrected chi connectivity index (χ3v) is 4.07. The molecule has 3 aromatic rings. The number of para-hydroxylation sites is 1. The van der Waals surface area contributed by atoms with Gasteiger partial charge in [-0.2, -0.15) is 0 Å². The number of fused-ring (bicyclic) bond motifs is 1. The van der Waals surface area contributed by atoms with Crippen molar-refractivity contribution in [1.82, 2.24) is 14.9 Å². The number of hydrogen-bond acceptors (Lipinski definition) is 3. The van der Waals surface area contributed by atoms with Gasteiger partial charge >= 0.3 is 5.69 Å². The molecule has 1 amide bonds. The molecule has 2 aromatic carbocycles. The van der Waals surface area contributed by atoms with Crippen molar-refractivity contribution in [2.45, 2.75) is 19.5 Å². The molecule has 0 fully saturated rings. The van der Waals surface area contributed by atoms with Crippen molar-refractivity contribution < 1.29 is 18.0 Å². The van der Waals surface area contributed by atoms with E-state index in [-0.39, 0.29) is 16.5 Å². The lowest BCUT2D eigenvalue weighted by Gasteiger charge is -2.15. The zero-order valence-electron chi connectivity index (χ0n) is 14.1. The molecule has 6 nitrogen and oxygen atoms in total. The number of nitrogens with one attached hydrogen (secondary N) is 2. The van der Waals surface area contributed by atoms with E-state index in [4.69, 9.17) is 0 Å². The highest BCUT2D eigenvalue weighted by Gasteiger charge is 2.17. The lowest BCUT2D eigenvalue weighted by Crippen LogP contribution is -2.41. The smallest absolute Gasteiger partial charge is 0.329 e. The zero-order chi connectivity index (χ0) is 19.7. The largest absolute Gasteiger partial charge is 0.348 e.